The first-order valence-corrected chi connectivity index (χ1v) is 18.9. The molecule has 10 atom stereocenters. The molecule has 0 bridgehead atoms. The van der Waals surface area contributed by atoms with Crippen LogP contribution in [0.3, 0.4) is 0 Å². The number of likely N-dealkylation sites (tertiary alicyclic amines) is 1. The number of carbonyl (C=O) groups excluding carboxylic acids is 4. The van der Waals surface area contributed by atoms with Crippen molar-refractivity contribution in [2.24, 2.45) is 22.4 Å². The second-order valence-corrected chi connectivity index (χ2v) is 14.5. The van der Waals surface area contributed by atoms with Crippen molar-refractivity contribution < 1.29 is 49.1 Å². The molecule has 3 amide bonds. The summed E-state index contributed by atoms with van der Waals surface area (Å²) < 4.78 is 11.7. The van der Waals surface area contributed by atoms with Crippen LogP contribution in [0.1, 0.15) is 89.5 Å². The summed E-state index contributed by atoms with van der Waals surface area (Å²) >= 11 is 0. The number of amides is 3. The Hall–Kier alpha value is -3.83. The summed E-state index contributed by atoms with van der Waals surface area (Å²) in [6.45, 7) is 1.88. The predicted molar refractivity (Wildman–Crippen MR) is 194 cm³/mol. The summed E-state index contributed by atoms with van der Waals surface area (Å²) in [6.07, 6.45) is 2.64. The number of nitrogens with two attached hydrogens (primary N) is 2. The first-order chi connectivity index (χ1) is 25.4. The summed E-state index contributed by atoms with van der Waals surface area (Å²) in [7, 11) is 0. The summed E-state index contributed by atoms with van der Waals surface area (Å²) in [5, 5.41) is 46.0. The van der Waals surface area contributed by atoms with E-state index in [4.69, 9.17) is 20.9 Å². The van der Waals surface area contributed by atoms with Crippen LogP contribution in [0.25, 0.3) is 0 Å². The number of aliphatic imine (C=N–C) groups is 1. The van der Waals surface area contributed by atoms with Crippen LogP contribution in [0.5, 0.6) is 5.75 Å². The lowest BCUT2D eigenvalue weighted by Crippen LogP contribution is -2.58. The quantitative estimate of drug-likeness (QED) is 0.0383. The van der Waals surface area contributed by atoms with Gasteiger partial charge in [-0.1, -0.05) is 44.7 Å². The van der Waals surface area contributed by atoms with Crippen LogP contribution in [0, 0.1) is 5.92 Å². The number of rotatable bonds is 20. The van der Waals surface area contributed by atoms with Crippen LogP contribution in [-0.2, 0) is 35.1 Å². The highest BCUT2D eigenvalue weighted by molar-refractivity contribution is 5.94. The number of unbranched alkanes of at least 4 members (excludes halogenated alkanes) is 4. The van der Waals surface area contributed by atoms with Crippen LogP contribution in [0.15, 0.2) is 29.3 Å². The molecule has 53 heavy (non-hydrogen) atoms. The molecule has 296 valence electrons. The van der Waals surface area contributed by atoms with E-state index in [1.54, 1.807) is 12.1 Å². The van der Waals surface area contributed by atoms with Gasteiger partial charge in [0.1, 0.15) is 42.4 Å². The largest absolute Gasteiger partial charge is 0.508 e. The van der Waals surface area contributed by atoms with Crippen LogP contribution in [-0.4, -0.2) is 123 Å². The third-order valence-corrected chi connectivity index (χ3v) is 10.5. The average Bonchev–Trinajstić information content (AvgIpc) is 3.65. The maximum Gasteiger partial charge on any atom is 0.246 e. The third-order valence-electron chi connectivity index (χ3n) is 10.5. The summed E-state index contributed by atoms with van der Waals surface area (Å²) in [5.74, 6) is -1.39. The van der Waals surface area contributed by atoms with Crippen molar-refractivity contribution in [3.63, 3.8) is 0 Å². The van der Waals surface area contributed by atoms with Gasteiger partial charge in [-0.15, -0.1) is 0 Å². The van der Waals surface area contributed by atoms with Crippen molar-refractivity contribution in [2.75, 3.05) is 13.2 Å². The molecule has 1 aliphatic carbocycles. The number of aldehydes is 1. The number of nitrogens with zero attached hydrogens (tertiary/aromatic N) is 2. The molecule has 1 aromatic rings. The lowest BCUT2D eigenvalue weighted by atomic mass is 9.83. The van der Waals surface area contributed by atoms with E-state index < -0.39 is 73.3 Å². The Bertz CT molecular complexity index is 1380. The molecule has 0 radical (unpaired) electrons. The number of aliphatic hydroxyl groups is 3. The number of ether oxygens (including phenoxy) is 2. The van der Waals surface area contributed by atoms with E-state index in [1.807, 2.05) is 0 Å². The van der Waals surface area contributed by atoms with Crippen molar-refractivity contribution in [1.29, 1.82) is 0 Å². The van der Waals surface area contributed by atoms with E-state index in [0.717, 1.165) is 25.7 Å². The Morgan fingerprint density at radius 1 is 1.04 bits per heavy atom. The van der Waals surface area contributed by atoms with Gasteiger partial charge in [-0.05, 0) is 68.6 Å². The van der Waals surface area contributed by atoms with Crippen LogP contribution < -0.4 is 22.1 Å². The van der Waals surface area contributed by atoms with Gasteiger partial charge in [0.25, 0.3) is 0 Å². The number of benzene rings is 1. The molecular formula is C37H58N6O10. The number of phenols is 1. The fourth-order valence-corrected chi connectivity index (χ4v) is 7.64. The van der Waals surface area contributed by atoms with E-state index in [0.29, 0.717) is 44.0 Å². The monoisotopic (exact) mass is 746 g/mol. The molecule has 16 nitrogen and oxygen atoms in total. The summed E-state index contributed by atoms with van der Waals surface area (Å²) in [5.41, 5.74) is 11.5. The minimum Gasteiger partial charge on any atom is -0.508 e. The fraction of sp³-hybridized carbons (Fsp3) is 0.703. The number of carbonyl (C=O) groups is 4. The predicted octanol–water partition coefficient (Wildman–Crippen LogP) is 0.111. The molecule has 0 unspecified atom stereocenters. The minimum atomic E-state index is -1.39. The Kier molecular flexibility index (Phi) is 16.3. The molecule has 10 N–H and O–H groups in total. The van der Waals surface area contributed by atoms with Crippen molar-refractivity contribution in [1.82, 2.24) is 15.5 Å². The summed E-state index contributed by atoms with van der Waals surface area (Å²) in [6, 6.07) is 3.00. The molecule has 0 aromatic heterocycles. The SMILES string of the molecule is CCCCCCCC(=O)N[C@@H](Cc1ccc(O)cc1)C(=O)N1[C@H](C(=O)N[C@H](C=O)CCCN=C(N)N)C[C@@H]2CC[C@H](O[C@H]3O[C@@H](CO)[C@@H](O)[C@H]3O)C[C@@H]21. The second kappa shape index (κ2) is 20.6. The standard InChI is InChI=1S/C37H58N6O10/c1-2-3-4-5-6-9-31(47)42-27(17-22-10-13-25(46)14-11-22)35(51)43-28-19-26(52-36-33(49)32(48)30(21-45)53-36)15-12-23(28)18-29(43)34(50)41-24(20-44)8-7-16-40-37(38)39/h10-11,13-14,20,23-24,26-30,32-33,36,45-46,48-49H,2-9,12,15-19,21H2,1H3,(H,41,50)(H,42,47)(H4,38,39,40)/t23-,24-,26-,27-,28-,29-,30-,32+,33+,36-/m0/s1. The Balaban J connectivity index is 1.58. The van der Waals surface area contributed by atoms with Crippen molar-refractivity contribution in [2.45, 2.75) is 145 Å². The molecular weight excluding hydrogens is 688 g/mol. The van der Waals surface area contributed by atoms with Gasteiger partial charge in [-0.2, -0.15) is 0 Å². The zero-order chi connectivity index (χ0) is 38.5. The van der Waals surface area contributed by atoms with Gasteiger partial charge in [0.05, 0.1) is 18.8 Å². The molecule has 1 aromatic carbocycles. The zero-order valence-electron chi connectivity index (χ0n) is 30.6. The number of nitrogens with one attached hydrogen (secondary N) is 2. The smallest absolute Gasteiger partial charge is 0.246 e. The lowest BCUT2D eigenvalue weighted by molar-refractivity contribution is -0.202. The molecule has 0 spiro atoms. The molecule has 3 fully saturated rings. The third kappa shape index (κ3) is 11.8. The maximum absolute atomic E-state index is 14.8. The second-order valence-electron chi connectivity index (χ2n) is 14.5. The number of phenolic OH excluding ortho intramolecular Hbond substituents is 1. The molecule has 3 aliphatic rings. The topological polar surface area (TPSA) is 259 Å². The lowest BCUT2D eigenvalue weighted by Gasteiger charge is -2.39. The highest BCUT2D eigenvalue weighted by atomic mass is 16.7. The number of hydrogen-bond acceptors (Lipinski definition) is 11. The van der Waals surface area contributed by atoms with Crippen LogP contribution >= 0.6 is 0 Å². The van der Waals surface area contributed by atoms with E-state index in [9.17, 15) is 39.6 Å². The van der Waals surface area contributed by atoms with Gasteiger partial charge < -0.3 is 61.7 Å². The van der Waals surface area contributed by atoms with E-state index in [-0.39, 0.29) is 55.8 Å². The van der Waals surface area contributed by atoms with Crippen molar-refractivity contribution in [3.8, 4) is 5.75 Å². The number of guanidine groups is 1. The summed E-state index contributed by atoms with van der Waals surface area (Å²) in [4.78, 5) is 59.6. The van der Waals surface area contributed by atoms with Crippen LogP contribution in [0.4, 0.5) is 0 Å². The van der Waals surface area contributed by atoms with E-state index in [1.165, 1.54) is 17.0 Å². The van der Waals surface area contributed by atoms with Crippen LogP contribution in [0.2, 0.25) is 0 Å². The van der Waals surface area contributed by atoms with Crippen molar-refractivity contribution in [3.05, 3.63) is 29.8 Å². The fourth-order valence-electron chi connectivity index (χ4n) is 7.64. The van der Waals surface area contributed by atoms with Gasteiger partial charge in [-0.3, -0.25) is 19.4 Å². The molecule has 2 aliphatic heterocycles. The number of aliphatic hydroxyl groups excluding tert-OH is 3. The van der Waals surface area contributed by atoms with Gasteiger partial charge in [0.15, 0.2) is 12.2 Å². The average molecular weight is 747 g/mol. The molecule has 4 rings (SSSR count). The molecule has 1 saturated carbocycles. The van der Waals surface area contributed by atoms with Gasteiger partial charge in [-0.25, -0.2) is 0 Å². The molecule has 16 heteroatoms. The highest BCUT2D eigenvalue weighted by Gasteiger charge is 2.52. The maximum atomic E-state index is 14.8. The first-order valence-electron chi connectivity index (χ1n) is 18.9. The van der Waals surface area contributed by atoms with E-state index >= 15 is 0 Å². The first kappa shape index (κ1) is 41.9. The van der Waals surface area contributed by atoms with Gasteiger partial charge in [0.2, 0.25) is 17.7 Å². The normalized spacial score (nSPS) is 27.7. The Morgan fingerprint density at radius 2 is 1.77 bits per heavy atom. The Labute approximate surface area is 310 Å². The minimum absolute atomic E-state index is 0.0531. The van der Waals surface area contributed by atoms with Gasteiger partial charge in [0, 0.05) is 25.4 Å². The highest BCUT2D eigenvalue weighted by Crippen LogP contribution is 2.42. The Morgan fingerprint density at radius 3 is 2.43 bits per heavy atom. The zero-order valence-corrected chi connectivity index (χ0v) is 30.6. The number of hydrogen-bond donors (Lipinski definition) is 8. The molecule has 2 saturated heterocycles. The van der Waals surface area contributed by atoms with E-state index in [2.05, 4.69) is 22.5 Å². The number of fused-ring (bicyclic) bond motifs is 1. The number of aromatic hydroxyl groups is 1. The van der Waals surface area contributed by atoms with Gasteiger partial charge >= 0.3 is 0 Å². The van der Waals surface area contributed by atoms with Crippen molar-refractivity contribution >= 4 is 30.0 Å². The molecule has 2 heterocycles.